The smallest absolute Gasteiger partial charge is 0.302 e. The number of carbonyl (C=O) groups excluding carboxylic acids is 1. The molecule has 1 rings (SSSR count). The Morgan fingerprint density at radius 1 is 1.19 bits per heavy atom. The number of ketones is 1. The molecule has 0 heterocycles. The van der Waals surface area contributed by atoms with Crippen LogP contribution in [0.15, 0.2) is 0 Å². The van der Waals surface area contributed by atoms with Crippen LogP contribution in [0.2, 0.25) is 0 Å². The molecule has 1 aliphatic carbocycles. The minimum atomic E-state index is -4.23. The van der Waals surface area contributed by atoms with E-state index in [1.54, 1.807) is 0 Å². The molecule has 0 amide bonds. The van der Waals surface area contributed by atoms with Gasteiger partial charge >= 0.3 is 6.18 Å². The van der Waals surface area contributed by atoms with Gasteiger partial charge in [0.15, 0.2) is 0 Å². The van der Waals surface area contributed by atoms with Crippen molar-refractivity contribution in [1.82, 2.24) is 5.32 Å². The Balaban J connectivity index is 2.10. The van der Waals surface area contributed by atoms with E-state index < -0.39 is 12.7 Å². The van der Waals surface area contributed by atoms with E-state index in [2.05, 4.69) is 5.32 Å². The van der Waals surface area contributed by atoms with Crippen LogP contribution in [0.1, 0.15) is 38.5 Å². The predicted octanol–water partition coefficient (Wildman–Crippen LogP) is 2.68. The van der Waals surface area contributed by atoms with E-state index in [9.17, 15) is 18.0 Å². The molecule has 0 atom stereocenters. The standard InChI is InChI=1S/C11H18F3NO/c12-11(13,14)8-15-7-10(16)6-9-4-2-1-3-5-9/h9,15H,1-8H2. The first-order chi connectivity index (χ1) is 7.47. The highest BCUT2D eigenvalue weighted by molar-refractivity contribution is 5.80. The Hall–Kier alpha value is -0.580. The molecule has 0 aromatic rings. The van der Waals surface area contributed by atoms with Crippen molar-refractivity contribution in [3.63, 3.8) is 0 Å². The quantitative estimate of drug-likeness (QED) is 0.796. The number of alkyl halides is 3. The first kappa shape index (κ1) is 13.5. The second-order valence-corrected chi connectivity index (χ2v) is 4.47. The lowest BCUT2D eigenvalue weighted by molar-refractivity contribution is -0.128. The monoisotopic (exact) mass is 237 g/mol. The second-order valence-electron chi connectivity index (χ2n) is 4.47. The van der Waals surface area contributed by atoms with Gasteiger partial charge in [0.05, 0.1) is 13.1 Å². The van der Waals surface area contributed by atoms with E-state index in [4.69, 9.17) is 0 Å². The molecule has 5 heteroatoms. The van der Waals surface area contributed by atoms with Crippen LogP contribution in [0.25, 0.3) is 0 Å². The maximum atomic E-state index is 11.8. The molecule has 0 bridgehead atoms. The number of rotatable bonds is 5. The van der Waals surface area contributed by atoms with Crippen LogP contribution in [0.5, 0.6) is 0 Å². The molecule has 0 spiro atoms. The van der Waals surface area contributed by atoms with E-state index >= 15 is 0 Å². The molecule has 1 saturated carbocycles. The molecule has 1 aliphatic rings. The number of hydrogen-bond donors (Lipinski definition) is 1. The summed E-state index contributed by atoms with van der Waals surface area (Å²) in [5, 5.41) is 2.14. The molecule has 0 radical (unpaired) electrons. The molecular weight excluding hydrogens is 219 g/mol. The first-order valence-electron chi connectivity index (χ1n) is 5.76. The Morgan fingerprint density at radius 3 is 2.38 bits per heavy atom. The third-order valence-corrected chi connectivity index (χ3v) is 2.89. The minimum Gasteiger partial charge on any atom is -0.302 e. The third-order valence-electron chi connectivity index (χ3n) is 2.89. The lowest BCUT2D eigenvalue weighted by Gasteiger charge is -2.20. The average molecular weight is 237 g/mol. The van der Waals surface area contributed by atoms with Crippen LogP contribution in [0, 0.1) is 5.92 Å². The van der Waals surface area contributed by atoms with Crippen LogP contribution >= 0.6 is 0 Å². The molecule has 0 aromatic heterocycles. The molecule has 16 heavy (non-hydrogen) atoms. The number of carbonyl (C=O) groups is 1. The highest BCUT2D eigenvalue weighted by Crippen LogP contribution is 2.26. The van der Waals surface area contributed by atoms with Crippen LogP contribution < -0.4 is 5.32 Å². The Morgan fingerprint density at radius 2 is 1.81 bits per heavy atom. The summed E-state index contributed by atoms with van der Waals surface area (Å²) >= 11 is 0. The van der Waals surface area contributed by atoms with Crippen LogP contribution in [-0.2, 0) is 4.79 Å². The SMILES string of the molecule is O=C(CNCC(F)(F)F)CC1CCCCC1. The van der Waals surface area contributed by atoms with Gasteiger partial charge in [0, 0.05) is 6.42 Å². The van der Waals surface area contributed by atoms with Gasteiger partial charge < -0.3 is 5.32 Å². The molecule has 1 N–H and O–H groups in total. The van der Waals surface area contributed by atoms with Gasteiger partial charge in [0.2, 0.25) is 0 Å². The maximum Gasteiger partial charge on any atom is 0.401 e. The summed E-state index contributed by atoms with van der Waals surface area (Å²) in [6.45, 7) is -1.24. The van der Waals surface area contributed by atoms with Crippen molar-refractivity contribution in [2.75, 3.05) is 13.1 Å². The molecule has 94 valence electrons. The molecule has 0 saturated heterocycles. The summed E-state index contributed by atoms with van der Waals surface area (Å²) in [7, 11) is 0. The Kier molecular flexibility index (Phi) is 5.25. The number of halogens is 3. The summed E-state index contributed by atoms with van der Waals surface area (Å²) in [6.07, 6.45) is 1.81. The number of nitrogens with one attached hydrogen (secondary N) is 1. The van der Waals surface area contributed by atoms with Crippen LogP contribution in [0.4, 0.5) is 13.2 Å². The van der Waals surface area contributed by atoms with Crippen molar-refractivity contribution >= 4 is 5.78 Å². The average Bonchev–Trinajstić information content (AvgIpc) is 2.17. The predicted molar refractivity (Wildman–Crippen MR) is 55.1 cm³/mol. The largest absolute Gasteiger partial charge is 0.401 e. The molecular formula is C11H18F3NO. The zero-order valence-electron chi connectivity index (χ0n) is 9.28. The van der Waals surface area contributed by atoms with Gasteiger partial charge in [-0.25, -0.2) is 0 Å². The van der Waals surface area contributed by atoms with Crippen molar-refractivity contribution in [2.45, 2.75) is 44.7 Å². The zero-order valence-corrected chi connectivity index (χ0v) is 9.28. The van der Waals surface area contributed by atoms with Gasteiger partial charge in [-0.15, -0.1) is 0 Å². The number of hydrogen-bond acceptors (Lipinski definition) is 2. The van der Waals surface area contributed by atoms with E-state index in [1.165, 1.54) is 6.42 Å². The summed E-state index contributed by atoms with van der Waals surface area (Å²) in [5.41, 5.74) is 0. The van der Waals surface area contributed by atoms with Crippen molar-refractivity contribution in [3.05, 3.63) is 0 Å². The highest BCUT2D eigenvalue weighted by atomic mass is 19.4. The van der Waals surface area contributed by atoms with Gasteiger partial charge in [-0.1, -0.05) is 32.1 Å². The van der Waals surface area contributed by atoms with Gasteiger partial charge in [-0.3, -0.25) is 4.79 Å². The van der Waals surface area contributed by atoms with E-state index in [0.29, 0.717) is 12.3 Å². The molecule has 0 aromatic carbocycles. The Labute approximate surface area is 93.6 Å². The van der Waals surface area contributed by atoms with Gasteiger partial charge in [-0.05, 0) is 5.92 Å². The van der Waals surface area contributed by atoms with Crippen LogP contribution in [-0.4, -0.2) is 25.0 Å². The summed E-state index contributed by atoms with van der Waals surface area (Å²) in [5.74, 6) is 0.296. The molecule has 1 fully saturated rings. The fraction of sp³-hybridized carbons (Fsp3) is 0.909. The van der Waals surface area contributed by atoms with Gasteiger partial charge in [-0.2, -0.15) is 13.2 Å². The van der Waals surface area contributed by atoms with Crippen LogP contribution in [0.3, 0.4) is 0 Å². The lowest BCUT2D eigenvalue weighted by atomic mass is 9.86. The summed E-state index contributed by atoms with van der Waals surface area (Å²) in [6, 6.07) is 0. The molecule has 2 nitrogen and oxygen atoms in total. The third kappa shape index (κ3) is 6.10. The number of Topliss-reactive ketones (excluding diaryl/α,β-unsaturated/α-hetero) is 1. The maximum absolute atomic E-state index is 11.8. The fourth-order valence-corrected chi connectivity index (χ4v) is 2.13. The normalized spacial score (nSPS) is 18.7. The molecule has 0 aliphatic heterocycles. The van der Waals surface area contributed by atoms with Gasteiger partial charge in [0.1, 0.15) is 5.78 Å². The van der Waals surface area contributed by atoms with Crippen molar-refractivity contribution < 1.29 is 18.0 Å². The van der Waals surface area contributed by atoms with Gasteiger partial charge in [0.25, 0.3) is 0 Å². The molecule has 0 unspecified atom stereocenters. The Bertz CT molecular complexity index is 222. The van der Waals surface area contributed by atoms with E-state index in [1.807, 2.05) is 0 Å². The second kappa shape index (κ2) is 6.23. The zero-order chi connectivity index (χ0) is 12.0. The summed E-state index contributed by atoms with van der Waals surface area (Å²) < 4.78 is 35.4. The van der Waals surface area contributed by atoms with E-state index in [-0.39, 0.29) is 12.3 Å². The minimum absolute atomic E-state index is 0.101. The highest BCUT2D eigenvalue weighted by Gasteiger charge is 2.26. The summed E-state index contributed by atoms with van der Waals surface area (Å²) in [4.78, 5) is 11.4. The van der Waals surface area contributed by atoms with E-state index in [0.717, 1.165) is 25.7 Å². The fourth-order valence-electron chi connectivity index (χ4n) is 2.13. The lowest BCUT2D eigenvalue weighted by Crippen LogP contribution is -2.33. The van der Waals surface area contributed by atoms with Crippen molar-refractivity contribution in [2.24, 2.45) is 5.92 Å². The van der Waals surface area contributed by atoms with Crippen molar-refractivity contribution in [3.8, 4) is 0 Å². The van der Waals surface area contributed by atoms with Crippen molar-refractivity contribution in [1.29, 1.82) is 0 Å². The topological polar surface area (TPSA) is 29.1 Å². The first-order valence-corrected chi connectivity index (χ1v) is 5.76.